The van der Waals surface area contributed by atoms with Gasteiger partial charge in [-0.15, -0.1) is 0 Å². The molecule has 0 fully saturated rings. The Bertz CT molecular complexity index is 1140. The third kappa shape index (κ3) is 6.36. The number of aromatic hydroxyl groups is 2. The van der Waals surface area contributed by atoms with Gasteiger partial charge in [0.25, 0.3) is 0 Å². The zero-order valence-corrected chi connectivity index (χ0v) is 19.0. The van der Waals surface area contributed by atoms with E-state index >= 15 is 0 Å². The number of carbonyl (C=O) groups is 2. The minimum Gasteiger partial charge on any atom is -0.504 e. The minimum absolute atomic E-state index is 0.000827. The van der Waals surface area contributed by atoms with Gasteiger partial charge < -0.3 is 19.7 Å². The maximum atomic E-state index is 13.1. The van der Waals surface area contributed by atoms with Crippen molar-refractivity contribution < 1.29 is 29.3 Å². The molecule has 0 amide bonds. The number of ether oxygens (including phenoxy) is 2. The molecule has 3 rings (SSSR count). The van der Waals surface area contributed by atoms with Crippen LogP contribution >= 0.6 is 0 Å². The van der Waals surface area contributed by atoms with Gasteiger partial charge in [0.1, 0.15) is 0 Å². The number of hydrogen-bond acceptors (Lipinski definition) is 6. The zero-order chi connectivity index (χ0) is 24.5. The Balaban J connectivity index is 1.84. The summed E-state index contributed by atoms with van der Waals surface area (Å²) >= 11 is 0. The molecule has 3 aromatic rings. The Morgan fingerprint density at radius 1 is 0.765 bits per heavy atom. The van der Waals surface area contributed by atoms with Crippen LogP contribution in [-0.2, 0) is 16.0 Å². The van der Waals surface area contributed by atoms with Crippen LogP contribution in [0.4, 0.5) is 0 Å². The maximum absolute atomic E-state index is 13.1. The number of hydrogen-bond donors (Lipinski definition) is 2. The quantitative estimate of drug-likeness (QED) is 0.334. The second kappa shape index (κ2) is 11.5. The number of allylic oxidation sites excluding steroid dienone is 2. The summed E-state index contributed by atoms with van der Waals surface area (Å²) in [7, 11) is 2.89. The molecule has 0 saturated heterocycles. The fraction of sp³-hybridized carbons (Fsp3) is 0.143. The van der Waals surface area contributed by atoms with Crippen LogP contribution in [0, 0.1) is 5.92 Å². The van der Waals surface area contributed by atoms with Crippen molar-refractivity contribution in [1.82, 2.24) is 0 Å². The molecule has 0 atom stereocenters. The van der Waals surface area contributed by atoms with Gasteiger partial charge in [-0.2, -0.15) is 0 Å². The van der Waals surface area contributed by atoms with Gasteiger partial charge in [0, 0.05) is 0 Å². The van der Waals surface area contributed by atoms with Crippen LogP contribution in [0.2, 0.25) is 0 Å². The number of carbonyl (C=O) groups excluding carboxylic acids is 2. The predicted molar refractivity (Wildman–Crippen MR) is 131 cm³/mol. The van der Waals surface area contributed by atoms with Gasteiger partial charge in [-0.1, -0.05) is 54.6 Å². The first-order chi connectivity index (χ1) is 16.4. The molecule has 2 N–H and O–H groups in total. The van der Waals surface area contributed by atoms with Gasteiger partial charge >= 0.3 is 0 Å². The molecule has 0 aliphatic heterocycles. The number of methoxy groups -OCH3 is 2. The van der Waals surface area contributed by atoms with Crippen molar-refractivity contribution >= 4 is 23.7 Å². The van der Waals surface area contributed by atoms with Crippen LogP contribution in [0.15, 0.2) is 78.9 Å². The van der Waals surface area contributed by atoms with Crippen molar-refractivity contribution in [1.29, 1.82) is 0 Å². The molecule has 0 heterocycles. The van der Waals surface area contributed by atoms with Crippen LogP contribution in [0.25, 0.3) is 12.2 Å². The zero-order valence-electron chi connectivity index (χ0n) is 19.0. The molecule has 0 saturated carbocycles. The highest BCUT2D eigenvalue weighted by Crippen LogP contribution is 2.28. The average molecular weight is 459 g/mol. The first kappa shape index (κ1) is 24.3. The molecule has 6 nitrogen and oxygen atoms in total. The number of benzene rings is 3. The third-order valence-corrected chi connectivity index (χ3v) is 5.26. The molecule has 0 bridgehead atoms. The highest BCUT2D eigenvalue weighted by atomic mass is 16.5. The highest BCUT2D eigenvalue weighted by molar-refractivity contribution is 6.13. The summed E-state index contributed by atoms with van der Waals surface area (Å²) in [5.41, 5.74) is 2.18. The number of phenols is 2. The van der Waals surface area contributed by atoms with E-state index in [9.17, 15) is 19.8 Å². The molecule has 0 spiro atoms. The summed E-state index contributed by atoms with van der Waals surface area (Å²) in [4.78, 5) is 26.1. The smallest absolute Gasteiger partial charge is 0.166 e. The van der Waals surface area contributed by atoms with E-state index in [1.807, 2.05) is 30.3 Å². The first-order valence-electron chi connectivity index (χ1n) is 10.6. The van der Waals surface area contributed by atoms with Crippen LogP contribution < -0.4 is 9.47 Å². The Kier molecular flexibility index (Phi) is 8.24. The lowest BCUT2D eigenvalue weighted by molar-refractivity contribution is -0.127. The first-order valence-corrected chi connectivity index (χ1v) is 10.6. The summed E-state index contributed by atoms with van der Waals surface area (Å²) in [6, 6.07) is 18.8. The summed E-state index contributed by atoms with van der Waals surface area (Å²) in [6.45, 7) is 0. The van der Waals surface area contributed by atoms with Gasteiger partial charge in [0.2, 0.25) is 0 Å². The van der Waals surface area contributed by atoms with Gasteiger partial charge in [-0.3, -0.25) is 9.59 Å². The van der Waals surface area contributed by atoms with Crippen molar-refractivity contribution in [2.45, 2.75) is 6.42 Å². The van der Waals surface area contributed by atoms with E-state index in [0.717, 1.165) is 5.56 Å². The normalized spacial score (nSPS) is 12.1. The van der Waals surface area contributed by atoms with Crippen molar-refractivity contribution in [2.24, 2.45) is 5.92 Å². The second-order valence-corrected chi connectivity index (χ2v) is 7.58. The number of ketones is 2. The topological polar surface area (TPSA) is 93.1 Å². The lowest BCUT2D eigenvalue weighted by Crippen LogP contribution is -2.23. The lowest BCUT2D eigenvalue weighted by atomic mass is 9.90. The molecule has 174 valence electrons. The third-order valence-electron chi connectivity index (χ3n) is 5.26. The van der Waals surface area contributed by atoms with E-state index in [0.29, 0.717) is 22.6 Å². The maximum Gasteiger partial charge on any atom is 0.166 e. The van der Waals surface area contributed by atoms with E-state index in [1.165, 1.54) is 38.5 Å². The van der Waals surface area contributed by atoms with E-state index < -0.39 is 5.92 Å². The number of phenolic OH excluding ortho intramolecular Hbond substituents is 2. The van der Waals surface area contributed by atoms with Gasteiger partial charge in [-0.05, 0) is 59.5 Å². The largest absolute Gasteiger partial charge is 0.504 e. The number of rotatable bonds is 10. The van der Waals surface area contributed by atoms with Crippen molar-refractivity contribution in [3.63, 3.8) is 0 Å². The molecule has 0 aliphatic rings. The van der Waals surface area contributed by atoms with Crippen LogP contribution in [0.3, 0.4) is 0 Å². The van der Waals surface area contributed by atoms with Gasteiger partial charge in [0.05, 0.1) is 20.1 Å². The lowest BCUT2D eigenvalue weighted by Gasteiger charge is -2.11. The molecule has 6 heteroatoms. The van der Waals surface area contributed by atoms with Crippen molar-refractivity contribution in [2.75, 3.05) is 14.2 Å². The monoisotopic (exact) mass is 458 g/mol. The summed E-state index contributed by atoms with van der Waals surface area (Å²) in [6.07, 6.45) is 6.17. The van der Waals surface area contributed by atoms with Crippen molar-refractivity contribution in [3.8, 4) is 23.0 Å². The fourth-order valence-electron chi connectivity index (χ4n) is 3.38. The summed E-state index contributed by atoms with van der Waals surface area (Å²) in [5, 5.41) is 19.5. The van der Waals surface area contributed by atoms with Gasteiger partial charge in [-0.25, -0.2) is 0 Å². The molecule has 0 radical (unpaired) electrons. The van der Waals surface area contributed by atoms with Crippen LogP contribution in [0.5, 0.6) is 23.0 Å². The van der Waals surface area contributed by atoms with E-state index in [2.05, 4.69) is 0 Å². The van der Waals surface area contributed by atoms with E-state index in [4.69, 9.17) is 9.47 Å². The molecular weight excluding hydrogens is 432 g/mol. The molecule has 0 aromatic heterocycles. The standard InChI is InChI=1S/C28H26O6/c1-33-27-17-20(10-14-25(27)31)8-12-23(29)22(16-19-6-4-3-5-7-19)24(30)13-9-21-11-15-26(32)28(18-21)34-2/h3-15,17-18,22,31-32H,16H2,1-2H3. The van der Waals surface area contributed by atoms with Crippen LogP contribution in [-0.4, -0.2) is 36.0 Å². The minimum atomic E-state index is -0.909. The van der Waals surface area contributed by atoms with Gasteiger partial charge in [0.15, 0.2) is 34.6 Å². The average Bonchev–Trinajstić information content (AvgIpc) is 2.86. The van der Waals surface area contributed by atoms with Crippen LogP contribution in [0.1, 0.15) is 16.7 Å². The molecule has 0 aliphatic carbocycles. The molecule has 34 heavy (non-hydrogen) atoms. The van der Waals surface area contributed by atoms with E-state index in [1.54, 1.807) is 36.4 Å². The van der Waals surface area contributed by atoms with Crippen molar-refractivity contribution in [3.05, 3.63) is 95.6 Å². The molecular formula is C28H26O6. The Morgan fingerprint density at radius 2 is 1.24 bits per heavy atom. The molecule has 3 aromatic carbocycles. The SMILES string of the molecule is COc1cc(C=CC(=O)C(Cc2ccccc2)C(=O)C=Cc2ccc(O)c(OC)c2)ccc1O. The Hall–Kier alpha value is -4.32. The summed E-state index contributed by atoms with van der Waals surface area (Å²) in [5.74, 6) is -1.01. The van der Waals surface area contributed by atoms with E-state index in [-0.39, 0.29) is 29.5 Å². The second-order valence-electron chi connectivity index (χ2n) is 7.58. The fourth-order valence-corrected chi connectivity index (χ4v) is 3.38. The predicted octanol–water partition coefficient (Wildman–Crippen LogP) is 4.84. The molecule has 0 unspecified atom stereocenters. The Morgan fingerprint density at radius 3 is 1.68 bits per heavy atom. The highest BCUT2D eigenvalue weighted by Gasteiger charge is 2.23. The summed E-state index contributed by atoms with van der Waals surface area (Å²) < 4.78 is 10.2. The Labute approximate surface area is 198 Å².